The number of nitrogens with one attached hydrogen (secondary N) is 1. The Morgan fingerprint density at radius 1 is 1.16 bits per heavy atom. The molecule has 1 unspecified atom stereocenters. The van der Waals surface area contributed by atoms with Gasteiger partial charge in [-0.1, -0.05) is 49.7 Å². The van der Waals surface area contributed by atoms with Gasteiger partial charge in [0, 0.05) is 6.42 Å². The van der Waals surface area contributed by atoms with E-state index in [0.717, 1.165) is 18.4 Å². The van der Waals surface area contributed by atoms with Gasteiger partial charge in [0.05, 0.1) is 6.04 Å². The highest BCUT2D eigenvalue weighted by atomic mass is 16.1. The van der Waals surface area contributed by atoms with E-state index in [4.69, 9.17) is 0 Å². The van der Waals surface area contributed by atoms with Crippen molar-refractivity contribution in [3.63, 3.8) is 0 Å². The molecule has 0 aliphatic rings. The quantitative estimate of drug-likeness (QED) is 0.852. The zero-order valence-corrected chi connectivity index (χ0v) is 11.6. The largest absolute Gasteiger partial charge is 0.350 e. The number of amides is 1. The Bertz CT molecular complexity index is 562. The number of hydrogen-bond acceptors (Lipinski definition) is 1. The number of hydrogen-bond donors (Lipinski definition) is 1. The minimum Gasteiger partial charge on any atom is -0.350 e. The van der Waals surface area contributed by atoms with Crippen LogP contribution < -0.4 is 5.32 Å². The highest BCUT2D eigenvalue weighted by Crippen LogP contribution is 2.20. The van der Waals surface area contributed by atoms with Crippen LogP contribution in [-0.2, 0) is 4.79 Å². The summed E-state index contributed by atoms with van der Waals surface area (Å²) in [6.07, 6.45) is 2.63. The van der Waals surface area contributed by atoms with Crippen LogP contribution in [-0.4, -0.2) is 5.91 Å². The summed E-state index contributed by atoms with van der Waals surface area (Å²) in [7, 11) is 0. The van der Waals surface area contributed by atoms with Crippen molar-refractivity contribution in [1.82, 2.24) is 5.32 Å². The van der Waals surface area contributed by atoms with Crippen LogP contribution >= 0.6 is 0 Å². The normalized spacial score (nSPS) is 12.3. The molecule has 0 saturated heterocycles. The van der Waals surface area contributed by atoms with Crippen LogP contribution in [0.2, 0.25) is 0 Å². The third-order valence-corrected chi connectivity index (χ3v) is 3.41. The first-order chi connectivity index (χ1) is 9.20. The average molecular weight is 255 g/mol. The lowest BCUT2D eigenvalue weighted by Crippen LogP contribution is -2.26. The summed E-state index contributed by atoms with van der Waals surface area (Å²) in [6.45, 7) is 4.13. The second kappa shape index (κ2) is 6.37. The number of carbonyl (C=O) groups excluding carboxylic acids is 1. The molecule has 0 aromatic heterocycles. The van der Waals surface area contributed by atoms with E-state index < -0.39 is 0 Å². The van der Waals surface area contributed by atoms with E-state index in [1.165, 1.54) is 10.8 Å². The molecular formula is C17H21NO. The topological polar surface area (TPSA) is 29.1 Å². The molecule has 1 amide bonds. The molecule has 0 radical (unpaired) electrons. The molecule has 0 bridgehead atoms. The molecule has 2 heteroatoms. The molecule has 2 rings (SSSR count). The molecule has 19 heavy (non-hydrogen) atoms. The molecule has 1 N–H and O–H groups in total. The van der Waals surface area contributed by atoms with Crippen LogP contribution in [0.4, 0.5) is 0 Å². The van der Waals surface area contributed by atoms with Crippen molar-refractivity contribution >= 4 is 16.7 Å². The molecule has 0 heterocycles. The van der Waals surface area contributed by atoms with E-state index >= 15 is 0 Å². The van der Waals surface area contributed by atoms with Crippen molar-refractivity contribution in [1.29, 1.82) is 0 Å². The summed E-state index contributed by atoms with van der Waals surface area (Å²) >= 11 is 0. The zero-order valence-electron chi connectivity index (χ0n) is 11.6. The summed E-state index contributed by atoms with van der Waals surface area (Å²) in [5, 5.41) is 5.51. The summed E-state index contributed by atoms with van der Waals surface area (Å²) < 4.78 is 0. The minimum absolute atomic E-state index is 0.0639. The highest BCUT2D eigenvalue weighted by Gasteiger charge is 2.09. The molecular weight excluding hydrogens is 234 g/mol. The number of carbonyl (C=O) groups is 1. The maximum Gasteiger partial charge on any atom is 0.220 e. The van der Waals surface area contributed by atoms with Gasteiger partial charge in [-0.3, -0.25) is 4.79 Å². The smallest absolute Gasteiger partial charge is 0.220 e. The number of rotatable bonds is 5. The van der Waals surface area contributed by atoms with Crippen LogP contribution in [0.15, 0.2) is 42.5 Å². The number of benzene rings is 2. The number of unbranched alkanes of at least 4 members (excludes halogenated alkanes) is 1. The molecule has 0 spiro atoms. The van der Waals surface area contributed by atoms with Crippen molar-refractivity contribution in [2.45, 2.75) is 39.2 Å². The van der Waals surface area contributed by atoms with Gasteiger partial charge in [-0.15, -0.1) is 0 Å². The first-order valence-electron chi connectivity index (χ1n) is 6.98. The number of fused-ring (bicyclic) bond motifs is 1. The van der Waals surface area contributed by atoms with E-state index in [-0.39, 0.29) is 11.9 Å². The Labute approximate surface area is 114 Å². The van der Waals surface area contributed by atoms with Gasteiger partial charge in [-0.25, -0.2) is 0 Å². The first-order valence-corrected chi connectivity index (χ1v) is 6.98. The third kappa shape index (κ3) is 3.57. The summed E-state index contributed by atoms with van der Waals surface area (Å²) in [6, 6.07) is 14.7. The van der Waals surface area contributed by atoms with Gasteiger partial charge in [0.15, 0.2) is 0 Å². The van der Waals surface area contributed by atoms with E-state index in [9.17, 15) is 4.79 Å². The van der Waals surface area contributed by atoms with Crippen LogP contribution in [0.3, 0.4) is 0 Å². The van der Waals surface area contributed by atoms with Crippen molar-refractivity contribution in [3.8, 4) is 0 Å². The molecule has 2 aromatic rings. The van der Waals surface area contributed by atoms with E-state index in [1.54, 1.807) is 0 Å². The minimum atomic E-state index is 0.0639. The Morgan fingerprint density at radius 3 is 2.63 bits per heavy atom. The van der Waals surface area contributed by atoms with E-state index in [1.807, 2.05) is 19.1 Å². The summed E-state index contributed by atoms with van der Waals surface area (Å²) in [5.74, 6) is 0.141. The van der Waals surface area contributed by atoms with E-state index in [0.29, 0.717) is 6.42 Å². The van der Waals surface area contributed by atoms with Crippen molar-refractivity contribution < 1.29 is 4.79 Å². The predicted octanol–water partition coefficient (Wildman–Crippen LogP) is 4.21. The highest BCUT2D eigenvalue weighted by molar-refractivity contribution is 5.83. The van der Waals surface area contributed by atoms with Gasteiger partial charge >= 0.3 is 0 Å². The SMILES string of the molecule is CCCCC(=O)NC(C)c1ccc2ccccc2c1. The van der Waals surface area contributed by atoms with Crippen LogP contribution in [0.1, 0.15) is 44.7 Å². The van der Waals surface area contributed by atoms with Crippen molar-refractivity contribution in [2.24, 2.45) is 0 Å². The molecule has 0 aliphatic heterocycles. The van der Waals surface area contributed by atoms with E-state index in [2.05, 4.69) is 42.6 Å². The molecule has 0 aliphatic carbocycles. The lowest BCUT2D eigenvalue weighted by atomic mass is 10.0. The Hall–Kier alpha value is -1.83. The molecule has 0 saturated carbocycles. The molecule has 0 fully saturated rings. The maximum atomic E-state index is 11.7. The first kappa shape index (κ1) is 13.6. The summed E-state index contributed by atoms with van der Waals surface area (Å²) in [4.78, 5) is 11.7. The lowest BCUT2D eigenvalue weighted by molar-refractivity contribution is -0.121. The van der Waals surface area contributed by atoms with Crippen molar-refractivity contribution in [2.75, 3.05) is 0 Å². The fraction of sp³-hybridized carbons (Fsp3) is 0.353. The Balaban J connectivity index is 2.08. The van der Waals surface area contributed by atoms with Gasteiger partial charge < -0.3 is 5.32 Å². The molecule has 100 valence electrons. The van der Waals surface area contributed by atoms with Gasteiger partial charge in [0.25, 0.3) is 0 Å². The third-order valence-electron chi connectivity index (χ3n) is 3.41. The van der Waals surface area contributed by atoms with Crippen molar-refractivity contribution in [3.05, 3.63) is 48.0 Å². The van der Waals surface area contributed by atoms with Crippen LogP contribution in [0.5, 0.6) is 0 Å². The van der Waals surface area contributed by atoms with Gasteiger partial charge in [0.1, 0.15) is 0 Å². The lowest BCUT2D eigenvalue weighted by Gasteiger charge is -2.15. The van der Waals surface area contributed by atoms with Gasteiger partial charge in [0.2, 0.25) is 5.91 Å². The average Bonchev–Trinajstić information content (AvgIpc) is 2.44. The summed E-state index contributed by atoms with van der Waals surface area (Å²) in [5.41, 5.74) is 1.16. The maximum absolute atomic E-state index is 11.7. The fourth-order valence-corrected chi connectivity index (χ4v) is 2.21. The van der Waals surface area contributed by atoms with Gasteiger partial charge in [-0.2, -0.15) is 0 Å². The fourth-order valence-electron chi connectivity index (χ4n) is 2.21. The Morgan fingerprint density at radius 2 is 1.89 bits per heavy atom. The van der Waals surface area contributed by atoms with Gasteiger partial charge in [-0.05, 0) is 35.7 Å². The second-order valence-electron chi connectivity index (χ2n) is 5.00. The molecule has 2 aromatic carbocycles. The Kier molecular flexibility index (Phi) is 4.56. The second-order valence-corrected chi connectivity index (χ2v) is 5.00. The predicted molar refractivity (Wildman–Crippen MR) is 80.0 cm³/mol. The molecule has 1 atom stereocenters. The zero-order chi connectivity index (χ0) is 13.7. The molecule has 2 nitrogen and oxygen atoms in total. The van der Waals surface area contributed by atoms with Crippen LogP contribution in [0.25, 0.3) is 10.8 Å². The van der Waals surface area contributed by atoms with Crippen LogP contribution in [0, 0.1) is 0 Å². The standard InChI is InChI=1S/C17H21NO/c1-3-4-9-17(19)18-13(2)15-11-10-14-7-5-6-8-16(14)12-15/h5-8,10-13H,3-4,9H2,1-2H3,(H,18,19). The monoisotopic (exact) mass is 255 g/mol.